The van der Waals surface area contributed by atoms with Gasteiger partial charge >= 0.3 is 0 Å². The maximum absolute atomic E-state index is 5.70. The van der Waals surface area contributed by atoms with E-state index in [4.69, 9.17) is 14.5 Å². The predicted octanol–water partition coefficient (Wildman–Crippen LogP) is 2.18. The molecule has 6 nitrogen and oxygen atoms in total. The van der Waals surface area contributed by atoms with E-state index in [1.165, 1.54) is 45.2 Å². The summed E-state index contributed by atoms with van der Waals surface area (Å²) in [7, 11) is 0. The van der Waals surface area contributed by atoms with Crippen LogP contribution in [0, 0.1) is 11.3 Å². The molecule has 2 unspecified atom stereocenters. The minimum atomic E-state index is 0. The highest BCUT2D eigenvalue weighted by Gasteiger charge is 2.43. The summed E-state index contributed by atoms with van der Waals surface area (Å²) in [5, 5.41) is 3.56. The highest BCUT2D eigenvalue weighted by molar-refractivity contribution is 14.0. The van der Waals surface area contributed by atoms with Crippen LogP contribution in [0.15, 0.2) is 4.99 Å². The molecule has 1 spiro atoms. The Hall–Kier alpha value is -0.120. The third-order valence-corrected chi connectivity index (χ3v) is 6.94. The average molecular weight is 492 g/mol. The molecule has 3 aliphatic heterocycles. The van der Waals surface area contributed by atoms with Crippen molar-refractivity contribution in [3.63, 3.8) is 0 Å². The van der Waals surface area contributed by atoms with Crippen molar-refractivity contribution >= 4 is 29.9 Å². The van der Waals surface area contributed by atoms with E-state index < -0.39 is 0 Å². The Kier molecular flexibility index (Phi) is 8.05. The number of likely N-dealkylation sites (tertiary alicyclic amines) is 1. The number of aliphatic imine (C=N–C) groups is 1. The summed E-state index contributed by atoms with van der Waals surface area (Å²) >= 11 is 0. The second-order valence-corrected chi connectivity index (χ2v) is 8.56. The van der Waals surface area contributed by atoms with Gasteiger partial charge in [0.05, 0.1) is 26.4 Å². The van der Waals surface area contributed by atoms with Gasteiger partial charge in [0.2, 0.25) is 0 Å². The summed E-state index contributed by atoms with van der Waals surface area (Å²) in [6, 6.07) is 0.482. The van der Waals surface area contributed by atoms with Crippen LogP contribution < -0.4 is 5.32 Å². The normalized spacial score (nSPS) is 29.4. The van der Waals surface area contributed by atoms with Crippen molar-refractivity contribution in [3.05, 3.63) is 0 Å². The van der Waals surface area contributed by atoms with Crippen molar-refractivity contribution < 1.29 is 9.47 Å². The first-order valence-corrected chi connectivity index (χ1v) is 10.7. The van der Waals surface area contributed by atoms with E-state index in [2.05, 4.69) is 22.0 Å². The third-order valence-electron chi connectivity index (χ3n) is 6.94. The van der Waals surface area contributed by atoms with Crippen LogP contribution in [0.25, 0.3) is 0 Å². The Bertz CT molecular complexity index is 488. The molecule has 1 saturated carbocycles. The molecule has 0 aromatic carbocycles. The first kappa shape index (κ1) is 21.6. The van der Waals surface area contributed by atoms with Crippen LogP contribution in [0.4, 0.5) is 0 Å². The van der Waals surface area contributed by atoms with Crippen molar-refractivity contribution in [2.75, 3.05) is 65.7 Å². The molecule has 4 fully saturated rings. The summed E-state index contributed by atoms with van der Waals surface area (Å²) in [6.45, 7) is 11.9. The molecule has 0 aromatic rings. The summed E-state index contributed by atoms with van der Waals surface area (Å²) in [5.41, 5.74) is 0.610. The summed E-state index contributed by atoms with van der Waals surface area (Å²) < 4.78 is 11.3. The predicted molar refractivity (Wildman–Crippen MR) is 119 cm³/mol. The lowest BCUT2D eigenvalue weighted by Crippen LogP contribution is -2.49. The second kappa shape index (κ2) is 10.1. The van der Waals surface area contributed by atoms with Gasteiger partial charge in [0, 0.05) is 51.3 Å². The molecule has 2 atom stereocenters. The average Bonchev–Trinajstić information content (AvgIpc) is 3.32. The van der Waals surface area contributed by atoms with Gasteiger partial charge in [0.15, 0.2) is 5.96 Å². The Morgan fingerprint density at radius 1 is 1.15 bits per heavy atom. The zero-order chi connectivity index (χ0) is 17.8. The smallest absolute Gasteiger partial charge is 0.193 e. The zero-order valence-electron chi connectivity index (χ0n) is 16.8. The minimum absolute atomic E-state index is 0. The molecule has 1 N–H and O–H groups in total. The minimum Gasteiger partial charge on any atom is -0.381 e. The first-order valence-electron chi connectivity index (χ1n) is 10.7. The number of nitrogens with zero attached hydrogens (tertiary/aromatic N) is 3. The van der Waals surface area contributed by atoms with Gasteiger partial charge in [-0.15, -0.1) is 24.0 Å². The number of ether oxygens (including phenoxy) is 2. The monoisotopic (exact) mass is 492 g/mol. The number of nitrogens with one attached hydrogen (secondary N) is 1. The van der Waals surface area contributed by atoms with Crippen molar-refractivity contribution in [2.45, 2.75) is 45.1 Å². The molecule has 3 heterocycles. The molecule has 0 radical (unpaired) electrons. The van der Waals surface area contributed by atoms with Crippen LogP contribution in [0.3, 0.4) is 0 Å². The van der Waals surface area contributed by atoms with Crippen LogP contribution in [-0.2, 0) is 9.47 Å². The molecular weight excluding hydrogens is 455 g/mol. The molecule has 4 rings (SSSR count). The van der Waals surface area contributed by atoms with E-state index in [1.54, 1.807) is 0 Å². The SMILES string of the molecule is CCNC(=NCC(C1CCOC1)N1CCOCC1)N1CCC2(CCC2)C1.I. The van der Waals surface area contributed by atoms with E-state index in [-0.39, 0.29) is 24.0 Å². The molecule has 0 aromatic heterocycles. The molecule has 27 heavy (non-hydrogen) atoms. The topological polar surface area (TPSA) is 49.3 Å². The molecular formula is C20H37IN4O2. The number of rotatable bonds is 5. The number of halogens is 1. The van der Waals surface area contributed by atoms with Crippen LogP contribution >= 0.6 is 24.0 Å². The number of hydrogen-bond donors (Lipinski definition) is 1. The summed E-state index contributed by atoms with van der Waals surface area (Å²) in [6.07, 6.45) is 6.77. The molecule has 0 amide bonds. The van der Waals surface area contributed by atoms with Gasteiger partial charge < -0.3 is 19.7 Å². The lowest BCUT2D eigenvalue weighted by molar-refractivity contribution is 0.00363. The Balaban J connectivity index is 0.00000210. The fourth-order valence-electron chi connectivity index (χ4n) is 5.13. The van der Waals surface area contributed by atoms with Gasteiger partial charge in [-0.05, 0) is 38.0 Å². The number of morpholine rings is 1. The van der Waals surface area contributed by atoms with Crippen LogP contribution in [0.1, 0.15) is 39.0 Å². The Morgan fingerprint density at radius 2 is 1.96 bits per heavy atom. The lowest BCUT2D eigenvalue weighted by atomic mass is 9.68. The molecule has 3 saturated heterocycles. The van der Waals surface area contributed by atoms with Gasteiger partial charge in [-0.1, -0.05) is 6.42 Å². The fourth-order valence-corrected chi connectivity index (χ4v) is 5.13. The van der Waals surface area contributed by atoms with Crippen LogP contribution in [-0.4, -0.2) is 87.5 Å². The van der Waals surface area contributed by atoms with Crippen molar-refractivity contribution in [1.82, 2.24) is 15.1 Å². The van der Waals surface area contributed by atoms with E-state index in [0.717, 1.165) is 58.6 Å². The number of hydrogen-bond acceptors (Lipinski definition) is 4. The fraction of sp³-hybridized carbons (Fsp3) is 0.950. The van der Waals surface area contributed by atoms with E-state index in [9.17, 15) is 0 Å². The quantitative estimate of drug-likeness (QED) is 0.362. The maximum atomic E-state index is 5.70. The van der Waals surface area contributed by atoms with Gasteiger partial charge in [-0.3, -0.25) is 9.89 Å². The summed E-state index contributed by atoms with van der Waals surface area (Å²) in [4.78, 5) is 10.2. The molecule has 0 bridgehead atoms. The van der Waals surface area contributed by atoms with Crippen LogP contribution in [0.2, 0.25) is 0 Å². The largest absolute Gasteiger partial charge is 0.381 e. The van der Waals surface area contributed by atoms with Crippen molar-refractivity contribution in [2.24, 2.45) is 16.3 Å². The Morgan fingerprint density at radius 3 is 2.56 bits per heavy atom. The molecule has 7 heteroatoms. The van der Waals surface area contributed by atoms with Gasteiger partial charge in [-0.2, -0.15) is 0 Å². The van der Waals surface area contributed by atoms with Crippen molar-refractivity contribution in [1.29, 1.82) is 0 Å². The van der Waals surface area contributed by atoms with Crippen molar-refractivity contribution in [3.8, 4) is 0 Å². The second-order valence-electron chi connectivity index (χ2n) is 8.56. The number of guanidine groups is 1. The first-order chi connectivity index (χ1) is 12.8. The lowest BCUT2D eigenvalue weighted by Gasteiger charge is -2.38. The van der Waals surface area contributed by atoms with E-state index in [0.29, 0.717) is 17.4 Å². The van der Waals surface area contributed by atoms with E-state index >= 15 is 0 Å². The zero-order valence-corrected chi connectivity index (χ0v) is 19.2. The maximum Gasteiger partial charge on any atom is 0.193 e. The Labute approximate surface area is 181 Å². The van der Waals surface area contributed by atoms with E-state index in [1.807, 2.05) is 0 Å². The highest BCUT2D eigenvalue weighted by Crippen LogP contribution is 2.47. The molecule has 156 valence electrons. The standard InChI is InChI=1S/C20H36N4O2.HI/c1-2-21-19(24-8-7-20(16-24)5-3-6-20)22-14-18(17-4-11-26-15-17)23-9-12-25-13-10-23;/h17-18H,2-16H2,1H3,(H,21,22);1H. The highest BCUT2D eigenvalue weighted by atomic mass is 127. The van der Waals surface area contributed by atoms with Crippen LogP contribution in [0.5, 0.6) is 0 Å². The summed E-state index contributed by atoms with van der Waals surface area (Å²) in [5.74, 6) is 1.74. The third kappa shape index (κ3) is 5.08. The van der Waals surface area contributed by atoms with Gasteiger partial charge in [0.1, 0.15) is 0 Å². The molecule has 4 aliphatic rings. The van der Waals surface area contributed by atoms with Gasteiger partial charge in [0.25, 0.3) is 0 Å². The molecule has 1 aliphatic carbocycles. The van der Waals surface area contributed by atoms with Gasteiger partial charge in [-0.25, -0.2) is 0 Å².